The van der Waals surface area contributed by atoms with Gasteiger partial charge >= 0.3 is 0 Å². The minimum absolute atomic E-state index is 0.131. The average Bonchev–Trinajstić information content (AvgIpc) is 2.46. The number of nitriles is 1. The number of benzene rings is 1. The zero-order chi connectivity index (χ0) is 15.1. The molecule has 0 heterocycles. The fourth-order valence-electron chi connectivity index (χ4n) is 1.84. The van der Waals surface area contributed by atoms with Gasteiger partial charge in [-0.25, -0.2) is 0 Å². The summed E-state index contributed by atoms with van der Waals surface area (Å²) in [5.74, 6) is 0.951. The molecule has 0 aliphatic carbocycles. The first-order chi connectivity index (χ1) is 9.51. The summed E-state index contributed by atoms with van der Waals surface area (Å²) in [4.78, 5) is 11.9. The molecule has 108 valence electrons. The van der Waals surface area contributed by atoms with Crippen LogP contribution < -0.4 is 14.8 Å². The molecule has 5 nitrogen and oxygen atoms in total. The van der Waals surface area contributed by atoms with Crippen molar-refractivity contribution in [1.29, 1.82) is 5.26 Å². The molecule has 2 atom stereocenters. The van der Waals surface area contributed by atoms with E-state index in [9.17, 15) is 4.79 Å². The molecule has 0 spiro atoms. The third-order valence-electron chi connectivity index (χ3n) is 2.99. The Morgan fingerprint density at radius 1 is 1.30 bits per heavy atom. The van der Waals surface area contributed by atoms with E-state index in [2.05, 4.69) is 5.32 Å². The Kier molecular flexibility index (Phi) is 5.85. The maximum atomic E-state index is 11.9. The number of rotatable bonds is 6. The Balaban J connectivity index is 2.73. The van der Waals surface area contributed by atoms with Gasteiger partial charge in [-0.3, -0.25) is 4.79 Å². The molecule has 0 radical (unpaired) electrons. The van der Waals surface area contributed by atoms with E-state index in [0.717, 1.165) is 5.56 Å². The van der Waals surface area contributed by atoms with Crippen LogP contribution in [0.2, 0.25) is 0 Å². The van der Waals surface area contributed by atoms with E-state index < -0.39 is 6.04 Å². The number of carbonyl (C=O) groups excluding carboxylic acids is 1. The van der Waals surface area contributed by atoms with Crippen LogP contribution >= 0.6 is 0 Å². The molecule has 20 heavy (non-hydrogen) atoms. The first-order valence-corrected chi connectivity index (χ1v) is 6.42. The van der Waals surface area contributed by atoms with Crippen LogP contribution in [0.25, 0.3) is 0 Å². The smallest absolute Gasteiger partial charge is 0.224 e. The van der Waals surface area contributed by atoms with Gasteiger partial charge in [0.2, 0.25) is 5.91 Å². The van der Waals surface area contributed by atoms with Gasteiger partial charge in [0.25, 0.3) is 0 Å². The lowest BCUT2D eigenvalue weighted by molar-refractivity contribution is -0.124. The number of nitrogens with one attached hydrogen (secondary N) is 1. The summed E-state index contributed by atoms with van der Waals surface area (Å²) in [7, 11) is 3.16. The normalized spacial score (nSPS) is 12.9. The van der Waals surface area contributed by atoms with Crippen molar-refractivity contribution in [3.63, 3.8) is 0 Å². The summed E-state index contributed by atoms with van der Waals surface area (Å²) in [5, 5.41) is 11.3. The largest absolute Gasteiger partial charge is 0.493 e. The van der Waals surface area contributed by atoms with Gasteiger partial charge in [0.15, 0.2) is 11.5 Å². The van der Waals surface area contributed by atoms with Gasteiger partial charge in [0.05, 0.1) is 20.3 Å². The highest BCUT2D eigenvalue weighted by molar-refractivity contribution is 5.79. The summed E-state index contributed by atoms with van der Waals surface area (Å²) in [5.41, 5.74) is 0.981. The van der Waals surface area contributed by atoms with Crippen LogP contribution in [0.5, 0.6) is 11.5 Å². The molecule has 2 unspecified atom stereocenters. The van der Waals surface area contributed by atoms with E-state index in [0.29, 0.717) is 17.9 Å². The summed E-state index contributed by atoms with van der Waals surface area (Å²) in [6.45, 7) is 3.48. The lowest BCUT2D eigenvalue weighted by atomic mass is 9.99. The molecule has 1 amide bonds. The van der Waals surface area contributed by atoms with E-state index in [1.165, 1.54) is 0 Å². The van der Waals surface area contributed by atoms with Crippen molar-refractivity contribution < 1.29 is 14.3 Å². The Hall–Kier alpha value is -2.22. The Morgan fingerprint density at radius 2 is 1.95 bits per heavy atom. The molecule has 0 aliphatic rings. The molecule has 1 aromatic rings. The van der Waals surface area contributed by atoms with Crippen molar-refractivity contribution in [1.82, 2.24) is 5.32 Å². The Labute approximate surface area is 119 Å². The standard InChI is InChI=1S/C15H20N2O3/c1-10(15(18)17-11(2)9-16)7-12-5-6-13(19-3)14(8-12)20-4/h5-6,8,10-11H,7H2,1-4H3,(H,17,18). The van der Waals surface area contributed by atoms with E-state index in [4.69, 9.17) is 14.7 Å². The second-order valence-corrected chi connectivity index (χ2v) is 4.65. The minimum Gasteiger partial charge on any atom is -0.493 e. The predicted octanol–water partition coefficient (Wildman–Crippen LogP) is 1.91. The van der Waals surface area contributed by atoms with Gasteiger partial charge in [0.1, 0.15) is 6.04 Å². The zero-order valence-electron chi connectivity index (χ0n) is 12.3. The summed E-state index contributed by atoms with van der Waals surface area (Å²) in [6, 6.07) is 7.08. The molecule has 1 rings (SSSR count). The van der Waals surface area contributed by atoms with Gasteiger partial charge < -0.3 is 14.8 Å². The number of hydrogen-bond acceptors (Lipinski definition) is 4. The Bertz CT molecular complexity index is 508. The third-order valence-corrected chi connectivity index (χ3v) is 2.99. The summed E-state index contributed by atoms with van der Waals surface area (Å²) in [6.07, 6.45) is 0.574. The van der Waals surface area contributed by atoms with Crippen LogP contribution in [0.4, 0.5) is 0 Å². The maximum absolute atomic E-state index is 11.9. The average molecular weight is 276 g/mol. The first-order valence-electron chi connectivity index (χ1n) is 6.42. The van der Waals surface area contributed by atoms with Crippen LogP contribution in [-0.4, -0.2) is 26.2 Å². The first kappa shape index (κ1) is 15.8. The van der Waals surface area contributed by atoms with E-state index in [1.54, 1.807) is 21.1 Å². The van der Waals surface area contributed by atoms with Gasteiger partial charge in [-0.1, -0.05) is 13.0 Å². The molecule has 0 fully saturated rings. The van der Waals surface area contributed by atoms with Gasteiger partial charge in [-0.15, -0.1) is 0 Å². The topological polar surface area (TPSA) is 71.3 Å². The number of methoxy groups -OCH3 is 2. The third kappa shape index (κ3) is 4.16. The predicted molar refractivity (Wildman–Crippen MR) is 75.6 cm³/mol. The molecule has 0 saturated carbocycles. The van der Waals surface area contributed by atoms with E-state index in [1.807, 2.05) is 31.2 Å². The second-order valence-electron chi connectivity index (χ2n) is 4.65. The van der Waals surface area contributed by atoms with Crippen LogP contribution in [0.1, 0.15) is 19.4 Å². The lowest BCUT2D eigenvalue weighted by Crippen LogP contribution is -2.36. The van der Waals surface area contributed by atoms with Crippen molar-refractivity contribution in [3.05, 3.63) is 23.8 Å². The summed E-state index contributed by atoms with van der Waals surface area (Å²) < 4.78 is 10.4. The fraction of sp³-hybridized carbons (Fsp3) is 0.467. The van der Waals surface area contributed by atoms with Gasteiger partial charge in [0, 0.05) is 5.92 Å². The van der Waals surface area contributed by atoms with Crippen molar-refractivity contribution in [2.75, 3.05) is 14.2 Å². The van der Waals surface area contributed by atoms with E-state index in [-0.39, 0.29) is 11.8 Å². The van der Waals surface area contributed by atoms with Crippen molar-refractivity contribution in [3.8, 4) is 17.6 Å². The Morgan fingerprint density at radius 3 is 2.50 bits per heavy atom. The quantitative estimate of drug-likeness (QED) is 0.861. The highest BCUT2D eigenvalue weighted by atomic mass is 16.5. The second kappa shape index (κ2) is 7.39. The molecule has 5 heteroatoms. The van der Waals surface area contributed by atoms with Gasteiger partial charge in [-0.05, 0) is 31.0 Å². The molecular weight excluding hydrogens is 256 g/mol. The number of ether oxygens (including phenoxy) is 2. The molecule has 0 saturated heterocycles. The molecule has 0 aliphatic heterocycles. The highest BCUT2D eigenvalue weighted by Crippen LogP contribution is 2.28. The molecule has 0 bridgehead atoms. The van der Waals surface area contributed by atoms with Crippen LogP contribution in [0, 0.1) is 17.2 Å². The monoisotopic (exact) mass is 276 g/mol. The van der Waals surface area contributed by atoms with Crippen LogP contribution in [0.15, 0.2) is 18.2 Å². The van der Waals surface area contributed by atoms with E-state index >= 15 is 0 Å². The number of nitrogens with zero attached hydrogens (tertiary/aromatic N) is 1. The van der Waals surface area contributed by atoms with Gasteiger partial charge in [-0.2, -0.15) is 5.26 Å². The SMILES string of the molecule is COc1ccc(CC(C)C(=O)NC(C)C#N)cc1OC. The minimum atomic E-state index is -0.477. The van der Waals surface area contributed by atoms with Crippen LogP contribution in [0.3, 0.4) is 0 Å². The van der Waals surface area contributed by atoms with Crippen LogP contribution in [-0.2, 0) is 11.2 Å². The number of hydrogen-bond donors (Lipinski definition) is 1. The fourth-order valence-corrected chi connectivity index (χ4v) is 1.84. The molecular formula is C15H20N2O3. The molecule has 1 N–H and O–H groups in total. The molecule has 1 aromatic carbocycles. The zero-order valence-corrected chi connectivity index (χ0v) is 12.3. The number of carbonyl (C=O) groups is 1. The molecule has 0 aromatic heterocycles. The van der Waals surface area contributed by atoms with Crippen molar-refractivity contribution in [2.24, 2.45) is 5.92 Å². The maximum Gasteiger partial charge on any atom is 0.224 e. The number of amides is 1. The summed E-state index contributed by atoms with van der Waals surface area (Å²) >= 11 is 0. The lowest BCUT2D eigenvalue weighted by Gasteiger charge is -2.14. The van der Waals surface area contributed by atoms with Crippen molar-refractivity contribution >= 4 is 5.91 Å². The van der Waals surface area contributed by atoms with Crippen molar-refractivity contribution in [2.45, 2.75) is 26.3 Å². The highest BCUT2D eigenvalue weighted by Gasteiger charge is 2.16.